The summed E-state index contributed by atoms with van der Waals surface area (Å²) in [5.74, 6) is 2.06. The molecule has 4 nitrogen and oxygen atoms in total. The number of nitrogens with zero attached hydrogens (tertiary/aromatic N) is 4. The van der Waals surface area contributed by atoms with Crippen LogP contribution in [0.2, 0.25) is 0 Å². The van der Waals surface area contributed by atoms with Gasteiger partial charge < -0.3 is 0 Å². The average Bonchev–Trinajstić information content (AvgIpc) is 3.95. The van der Waals surface area contributed by atoms with E-state index in [0.717, 1.165) is 75.5 Å². The summed E-state index contributed by atoms with van der Waals surface area (Å²) in [6.07, 6.45) is 18.6. The van der Waals surface area contributed by atoms with Crippen LogP contribution >= 0.6 is 0 Å². The van der Waals surface area contributed by atoms with Crippen molar-refractivity contribution in [3.8, 4) is 56.4 Å². The summed E-state index contributed by atoms with van der Waals surface area (Å²) in [4.78, 5) is 11.1. The van der Waals surface area contributed by atoms with E-state index in [2.05, 4.69) is 246 Å². The first kappa shape index (κ1) is 39.7. The molecular formula is C64H46N4. The van der Waals surface area contributed by atoms with Gasteiger partial charge in [-0.15, -0.1) is 0 Å². The van der Waals surface area contributed by atoms with Crippen LogP contribution < -0.4 is 0 Å². The van der Waals surface area contributed by atoms with Crippen molar-refractivity contribution in [3.63, 3.8) is 0 Å². The first-order valence-electron chi connectivity index (χ1n) is 23.7. The molecule has 0 N–H and O–H groups in total. The third-order valence-corrected chi connectivity index (χ3v) is 13.9. The molecule has 7 aromatic carbocycles. The van der Waals surface area contributed by atoms with Crippen LogP contribution in [0.3, 0.4) is 0 Å². The molecule has 0 fully saturated rings. The number of allylic oxidation sites excluding steroid dienone is 8. The highest BCUT2D eigenvalue weighted by molar-refractivity contribution is 6.26. The fourth-order valence-electron chi connectivity index (χ4n) is 10.7. The number of fused-ring (bicyclic) bond motifs is 7. The summed E-state index contributed by atoms with van der Waals surface area (Å²) in [5.41, 5.74) is 17.2. The lowest BCUT2D eigenvalue weighted by molar-refractivity contribution is 0.854. The predicted octanol–water partition coefficient (Wildman–Crippen LogP) is 16.7. The summed E-state index contributed by atoms with van der Waals surface area (Å²) in [7, 11) is 0. The Kier molecular flexibility index (Phi) is 9.75. The lowest BCUT2D eigenvalue weighted by atomic mass is 9.88. The lowest BCUT2D eigenvalue weighted by Crippen LogP contribution is -2.01. The smallest absolute Gasteiger partial charge is 0.138 e. The molecule has 0 radical (unpaired) electrons. The Morgan fingerprint density at radius 2 is 1.01 bits per heavy atom. The molecule has 13 rings (SSSR count). The minimum Gasteiger partial charge on any atom is -0.294 e. The zero-order valence-corrected chi connectivity index (χ0v) is 37.5. The third-order valence-electron chi connectivity index (χ3n) is 13.9. The fourth-order valence-corrected chi connectivity index (χ4v) is 10.7. The van der Waals surface area contributed by atoms with Gasteiger partial charge in [-0.1, -0.05) is 164 Å². The number of pyridine rings is 2. The Morgan fingerprint density at radius 3 is 1.71 bits per heavy atom. The van der Waals surface area contributed by atoms with Gasteiger partial charge in [0.2, 0.25) is 0 Å². The highest BCUT2D eigenvalue weighted by Gasteiger charge is 2.23. The van der Waals surface area contributed by atoms with Crippen molar-refractivity contribution in [2.75, 3.05) is 0 Å². The normalized spacial score (nSPS) is 14.6. The molecule has 0 bridgehead atoms. The molecule has 2 aliphatic rings. The van der Waals surface area contributed by atoms with E-state index in [1.54, 1.807) is 0 Å². The van der Waals surface area contributed by atoms with Crippen LogP contribution in [0.25, 0.3) is 106 Å². The first-order valence-corrected chi connectivity index (χ1v) is 23.7. The number of hydrogen-bond donors (Lipinski definition) is 0. The molecule has 1 unspecified atom stereocenters. The molecule has 0 amide bonds. The summed E-state index contributed by atoms with van der Waals surface area (Å²) < 4.78 is 4.74. The molecule has 4 heterocycles. The molecule has 68 heavy (non-hydrogen) atoms. The van der Waals surface area contributed by atoms with Crippen LogP contribution in [-0.2, 0) is 0 Å². The number of rotatable bonds is 8. The molecule has 11 aromatic rings. The van der Waals surface area contributed by atoms with Crippen LogP contribution in [0.5, 0.6) is 0 Å². The van der Waals surface area contributed by atoms with Crippen LogP contribution in [0, 0.1) is 0 Å². The van der Waals surface area contributed by atoms with E-state index in [4.69, 9.17) is 9.97 Å². The van der Waals surface area contributed by atoms with Gasteiger partial charge in [-0.3, -0.25) is 9.13 Å². The predicted molar refractivity (Wildman–Crippen MR) is 284 cm³/mol. The van der Waals surface area contributed by atoms with Crippen LogP contribution in [-0.4, -0.2) is 19.1 Å². The molecule has 2 aliphatic carbocycles. The van der Waals surface area contributed by atoms with Gasteiger partial charge in [0, 0.05) is 38.6 Å². The van der Waals surface area contributed by atoms with E-state index in [0.29, 0.717) is 5.92 Å². The second-order valence-electron chi connectivity index (χ2n) is 18.0. The van der Waals surface area contributed by atoms with Gasteiger partial charge in [0.15, 0.2) is 0 Å². The van der Waals surface area contributed by atoms with E-state index >= 15 is 0 Å². The van der Waals surface area contributed by atoms with Gasteiger partial charge in [-0.25, -0.2) is 9.97 Å². The molecule has 0 spiro atoms. The fraction of sp³-hybridized carbons (Fsp3) is 0.0625. The lowest BCUT2D eigenvalue weighted by Gasteiger charge is -2.17. The Balaban J connectivity index is 0.999. The van der Waals surface area contributed by atoms with Crippen LogP contribution in [0.15, 0.2) is 237 Å². The molecule has 0 aliphatic heterocycles. The second kappa shape index (κ2) is 16.7. The molecule has 4 heteroatoms. The van der Waals surface area contributed by atoms with Gasteiger partial charge in [-0.2, -0.15) is 0 Å². The van der Waals surface area contributed by atoms with Crippen LogP contribution in [0.4, 0.5) is 0 Å². The maximum absolute atomic E-state index is 5.58. The average molecular weight is 871 g/mol. The number of hydrogen-bond acceptors (Lipinski definition) is 2. The zero-order valence-electron chi connectivity index (χ0n) is 37.5. The van der Waals surface area contributed by atoms with Gasteiger partial charge in [0.05, 0.1) is 33.5 Å². The molecular weight excluding hydrogens is 825 g/mol. The highest BCUT2D eigenvalue weighted by Crippen LogP contribution is 2.43. The van der Waals surface area contributed by atoms with Gasteiger partial charge in [0.1, 0.15) is 11.6 Å². The second-order valence-corrected chi connectivity index (χ2v) is 18.0. The standard InChI is InChI=1S/C64H46N4/c1-5-19-43(20-6-1)47-37-48(44-21-7-2-8-22-44)40-51(39-47)56-29-17-33-61(65-56)67-59-32-16-14-28-55(59)63-60(67)36-35-54-53-27-13-15-31-58(53)68(64(54)63)62-34-18-30-57(66-62)52-41-49(45-23-9-3-10-24-45)38-50(42-52)46-25-11-4-12-26-46/h1-11,13-21,23-25,27-42,44H,12,22,26H2. The molecule has 1 atom stereocenters. The molecule has 322 valence electrons. The Bertz CT molecular complexity index is 3880. The SMILES string of the molecule is C1=CCCC(c2cc(-c3ccccc3)cc(-c3cccc(-n4c5ccccc5c5ccc6c(c7ccccc7n6-c6cccc(-c7cc(-c8ccccc8)cc(C8C=CC=CC8)c7)n6)c54)n3)c2)=C1. The van der Waals surface area contributed by atoms with Gasteiger partial charge in [-0.05, 0) is 131 Å². The largest absolute Gasteiger partial charge is 0.294 e. The van der Waals surface area contributed by atoms with Crippen molar-refractivity contribution < 1.29 is 0 Å². The Labute approximate surface area is 395 Å². The monoisotopic (exact) mass is 870 g/mol. The van der Waals surface area contributed by atoms with Crippen molar-refractivity contribution in [2.45, 2.75) is 25.2 Å². The molecule has 4 aromatic heterocycles. The third kappa shape index (κ3) is 6.92. The van der Waals surface area contributed by atoms with E-state index in [1.165, 1.54) is 60.5 Å². The van der Waals surface area contributed by atoms with Crippen molar-refractivity contribution in [1.82, 2.24) is 19.1 Å². The minimum absolute atomic E-state index is 0.307. The first-order chi connectivity index (χ1) is 33.7. The van der Waals surface area contributed by atoms with E-state index in [9.17, 15) is 0 Å². The minimum atomic E-state index is 0.307. The quantitative estimate of drug-likeness (QED) is 0.152. The highest BCUT2D eigenvalue weighted by atomic mass is 15.1. The number of para-hydroxylation sites is 2. The van der Waals surface area contributed by atoms with Crippen molar-refractivity contribution >= 4 is 49.2 Å². The maximum atomic E-state index is 5.58. The topological polar surface area (TPSA) is 35.6 Å². The van der Waals surface area contributed by atoms with Crippen molar-refractivity contribution in [2.24, 2.45) is 0 Å². The summed E-state index contributed by atoms with van der Waals surface area (Å²) in [5, 5.41) is 4.72. The summed E-state index contributed by atoms with van der Waals surface area (Å²) in [6, 6.07) is 70.4. The van der Waals surface area contributed by atoms with E-state index in [1.807, 2.05) is 0 Å². The maximum Gasteiger partial charge on any atom is 0.138 e. The summed E-state index contributed by atoms with van der Waals surface area (Å²) >= 11 is 0. The van der Waals surface area contributed by atoms with Crippen molar-refractivity contribution in [1.29, 1.82) is 0 Å². The van der Waals surface area contributed by atoms with E-state index in [-0.39, 0.29) is 0 Å². The Morgan fingerprint density at radius 1 is 0.412 bits per heavy atom. The molecule has 0 saturated carbocycles. The Hall–Kier alpha value is -8.60. The summed E-state index contributed by atoms with van der Waals surface area (Å²) in [6.45, 7) is 0. The zero-order chi connectivity index (χ0) is 45.0. The van der Waals surface area contributed by atoms with E-state index < -0.39 is 0 Å². The number of aromatic nitrogens is 4. The molecule has 0 saturated heterocycles. The van der Waals surface area contributed by atoms with Crippen molar-refractivity contribution in [3.05, 3.63) is 248 Å². The van der Waals surface area contributed by atoms with Gasteiger partial charge in [0.25, 0.3) is 0 Å². The van der Waals surface area contributed by atoms with Crippen LogP contribution in [0.1, 0.15) is 36.3 Å². The number of benzene rings is 7. The van der Waals surface area contributed by atoms with Gasteiger partial charge >= 0.3 is 0 Å².